The quantitative estimate of drug-likeness (QED) is 0.150. The molecule has 0 saturated heterocycles. The summed E-state index contributed by atoms with van der Waals surface area (Å²) >= 11 is 0. The molecule has 62 heavy (non-hydrogen) atoms. The molecule has 0 radical (unpaired) electrons. The van der Waals surface area contributed by atoms with Crippen molar-refractivity contribution in [2.24, 2.45) is 0 Å². The van der Waals surface area contributed by atoms with Crippen molar-refractivity contribution in [3.05, 3.63) is 218 Å². The summed E-state index contributed by atoms with van der Waals surface area (Å²) in [6, 6.07) is 49.0. The van der Waals surface area contributed by atoms with Gasteiger partial charge < -0.3 is 0 Å². The van der Waals surface area contributed by atoms with E-state index in [-0.39, 0.29) is 39.4 Å². The first kappa shape index (κ1) is 28.4. The summed E-state index contributed by atoms with van der Waals surface area (Å²) in [7, 11) is -3.48. The maximum Gasteiger partial charge on any atom is 0.238 e. The van der Waals surface area contributed by atoms with E-state index in [0.29, 0.717) is 11.1 Å². The number of para-hydroxylation sites is 2. The molecule has 0 bridgehead atoms. The van der Waals surface area contributed by atoms with Gasteiger partial charge in [-0.3, -0.25) is 14.5 Å². The maximum absolute atomic E-state index is 9.23. The van der Waals surface area contributed by atoms with Gasteiger partial charge in [-0.25, -0.2) is 4.98 Å². The van der Waals surface area contributed by atoms with Crippen LogP contribution in [0.2, 0.25) is 0 Å². The van der Waals surface area contributed by atoms with Gasteiger partial charge in [0.25, 0.3) is 0 Å². The van der Waals surface area contributed by atoms with E-state index in [2.05, 4.69) is 72.8 Å². The smallest absolute Gasteiger partial charge is 0.238 e. The number of fused-ring (bicyclic) bond motifs is 6. The molecule has 12 rings (SSSR count). The summed E-state index contributed by atoms with van der Waals surface area (Å²) in [4.78, 5) is 25.5. The zero-order valence-electron chi connectivity index (χ0n) is 40.8. The highest BCUT2D eigenvalue weighted by Gasteiger charge is 2.53. The summed E-state index contributed by atoms with van der Waals surface area (Å²) in [5.41, 5.74) is 6.83. The molecule has 4 aromatic heterocycles. The lowest BCUT2D eigenvalue weighted by Gasteiger charge is -2.34. The fraction of sp³-hybridized carbons (Fsp3) is 0. The van der Waals surface area contributed by atoms with Gasteiger partial charge in [0.15, 0.2) is 19.7 Å². The van der Waals surface area contributed by atoms with Crippen molar-refractivity contribution in [1.82, 2.24) is 29.5 Å². The monoisotopic (exact) mass is 816 g/mol. The minimum absolute atomic E-state index is 0.0711. The molecule has 1 aliphatic rings. The fourth-order valence-corrected chi connectivity index (χ4v) is 14.6. The van der Waals surface area contributed by atoms with Crippen molar-refractivity contribution < 1.29 is 11.0 Å². The van der Waals surface area contributed by atoms with Crippen molar-refractivity contribution >= 4 is 50.6 Å². The van der Waals surface area contributed by atoms with Crippen LogP contribution in [-0.4, -0.2) is 37.6 Å². The van der Waals surface area contributed by atoms with Gasteiger partial charge in [0.05, 0.1) is 33.4 Å². The number of hydrogen-bond donors (Lipinski definition) is 0. The molecule has 0 N–H and O–H groups in total. The van der Waals surface area contributed by atoms with Gasteiger partial charge in [-0.1, -0.05) is 182 Å². The SMILES string of the molecule is [2H]c1c([2H])c([2H])c2c(c1[2H])c1c([2H])c([2H])c([2H])c([2H])c1n2-c1nc(-c2ccccc2)nc(-c2cccc([Si]3(c4ccccc4)c4c(-c5ccccc5)ccnc4-c4nccc(-c5ccccc5)c43)c2)n1. The number of aromatic nitrogens is 6. The van der Waals surface area contributed by atoms with Crippen LogP contribution in [0.5, 0.6) is 0 Å². The van der Waals surface area contributed by atoms with E-state index in [1.54, 1.807) is 0 Å². The molecule has 0 saturated carbocycles. The lowest BCUT2D eigenvalue weighted by molar-refractivity contribution is 0.953. The second-order valence-electron chi connectivity index (χ2n) is 15.0. The Kier molecular flexibility index (Phi) is 6.65. The number of pyridine rings is 2. The predicted octanol–water partition coefficient (Wildman–Crippen LogP) is 9.78. The van der Waals surface area contributed by atoms with Gasteiger partial charge in [0.2, 0.25) is 5.95 Å². The van der Waals surface area contributed by atoms with Gasteiger partial charge in [0, 0.05) is 34.3 Å². The molecular formula is C55H36N6Si. The largest absolute Gasteiger partial charge is 0.278 e. The van der Waals surface area contributed by atoms with Crippen LogP contribution in [0.25, 0.3) is 84.2 Å². The summed E-state index contributed by atoms with van der Waals surface area (Å²) in [6.45, 7) is 0. The van der Waals surface area contributed by atoms with E-state index < -0.39 is 56.4 Å². The number of hydrogen-bond acceptors (Lipinski definition) is 5. The number of nitrogens with zero attached hydrogens (tertiary/aromatic N) is 6. The lowest BCUT2D eigenvalue weighted by atomic mass is 10.0. The fourth-order valence-electron chi connectivity index (χ4n) is 9.14. The Hall–Kier alpha value is -8.13. The first-order valence-electron chi connectivity index (χ1n) is 24.2. The molecule has 0 unspecified atom stereocenters. The van der Waals surface area contributed by atoms with Crippen molar-refractivity contribution in [1.29, 1.82) is 0 Å². The number of rotatable bonds is 7. The average molecular weight is 817 g/mol. The van der Waals surface area contributed by atoms with Crippen LogP contribution in [0, 0.1) is 0 Å². The highest BCUT2D eigenvalue weighted by Crippen LogP contribution is 2.36. The molecule has 6 nitrogen and oxygen atoms in total. The Balaban J connectivity index is 1.20. The lowest BCUT2D eigenvalue weighted by Crippen LogP contribution is -2.73. The van der Waals surface area contributed by atoms with Gasteiger partial charge in [-0.2, -0.15) is 9.97 Å². The first-order valence-corrected chi connectivity index (χ1v) is 22.2. The summed E-state index contributed by atoms with van der Waals surface area (Å²) < 4.78 is 72.6. The molecule has 7 heteroatoms. The third-order valence-corrected chi connectivity index (χ3v) is 16.6. The molecule has 0 spiro atoms. The van der Waals surface area contributed by atoms with Crippen molar-refractivity contribution in [3.63, 3.8) is 0 Å². The van der Waals surface area contributed by atoms with Crippen molar-refractivity contribution in [3.8, 4) is 62.4 Å². The normalized spacial score (nSPS) is 14.5. The van der Waals surface area contributed by atoms with Crippen molar-refractivity contribution in [2.45, 2.75) is 0 Å². The van der Waals surface area contributed by atoms with Gasteiger partial charge >= 0.3 is 0 Å². The molecule has 0 amide bonds. The Morgan fingerprint density at radius 2 is 0.871 bits per heavy atom. The third kappa shape index (κ3) is 5.52. The number of benzene rings is 7. The summed E-state index contributed by atoms with van der Waals surface area (Å²) in [5.74, 6) is 0.365. The molecule has 0 fully saturated rings. The van der Waals surface area contributed by atoms with Crippen LogP contribution in [0.3, 0.4) is 0 Å². The second kappa shape index (κ2) is 14.5. The molecular weight excluding hydrogens is 773 g/mol. The van der Waals surface area contributed by atoms with E-state index in [0.717, 1.165) is 54.4 Å². The van der Waals surface area contributed by atoms with Gasteiger partial charge in [-0.05, 0) is 67.2 Å². The minimum Gasteiger partial charge on any atom is -0.278 e. The summed E-state index contributed by atoms with van der Waals surface area (Å²) in [6.07, 6.45) is 3.72. The van der Waals surface area contributed by atoms with Crippen LogP contribution < -0.4 is 20.7 Å². The molecule has 290 valence electrons. The molecule has 11 aromatic rings. The Morgan fingerprint density at radius 3 is 1.42 bits per heavy atom. The maximum atomic E-state index is 9.23. The van der Waals surface area contributed by atoms with E-state index in [1.807, 2.05) is 97.3 Å². The van der Waals surface area contributed by atoms with Gasteiger partial charge in [0.1, 0.15) is 0 Å². The van der Waals surface area contributed by atoms with Crippen LogP contribution in [0.1, 0.15) is 11.0 Å². The van der Waals surface area contributed by atoms with E-state index in [4.69, 9.17) is 33.1 Å². The molecule has 7 aromatic carbocycles. The average Bonchev–Trinajstić information content (AvgIpc) is 3.94. The standard InChI is InChI=1S/C55H36N6Si/c1-5-18-37(19-6-1)43-32-34-56-49-50-52(44(33-35-57-50)38-20-7-2-8-21-38)62(51(43)49,41-25-11-4-12-26-41)42-27-17-24-40(36-42)54-58-53(39-22-9-3-10-23-39)59-55(60-54)61-47-30-15-13-28-45(47)46-29-14-16-31-48(46)61/h1-36H/i13D,14D,15D,16D,28D,29D,30D,31D. The molecule has 5 heterocycles. The molecule has 0 aliphatic carbocycles. The Morgan fingerprint density at radius 1 is 0.419 bits per heavy atom. The topological polar surface area (TPSA) is 69.4 Å². The first-order chi connectivity index (χ1) is 34.1. The second-order valence-corrected chi connectivity index (χ2v) is 18.7. The van der Waals surface area contributed by atoms with Crippen LogP contribution in [0.4, 0.5) is 0 Å². The third-order valence-electron chi connectivity index (χ3n) is 11.7. The minimum atomic E-state index is -3.48. The van der Waals surface area contributed by atoms with Crippen molar-refractivity contribution in [2.75, 3.05) is 0 Å². The van der Waals surface area contributed by atoms with Crippen LogP contribution in [-0.2, 0) is 0 Å². The van der Waals surface area contributed by atoms with E-state index >= 15 is 0 Å². The van der Waals surface area contributed by atoms with E-state index in [9.17, 15) is 2.74 Å². The highest BCUT2D eigenvalue weighted by molar-refractivity contribution is 7.23. The Bertz CT molecular complexity index is 3770. The summed E-state index contributed by atoms with van der Waals surface area (Å²) in [5, 5.41) is 4.14. The molecule has 1 aliphatic heterocycles. The zero-order chi connectivity index (χ0) is 48.0. The van der Waals surface area contributed by atoms with Crippen LogP contribution >= 0.6 is 0 Å². The Labute approximate surface area is 370 Å². The molecule has 0 atom stereocenters. The van der Waals surface area contributed by atoms with Gasteiger partial charge in [-0.15, -0.1) is 0 Å². The van der Waals surface area contributed by atoms with Crippen LogP contribution in [0.15, 0.2) is 218 Å². The van der Waals surface area contributed by atoms with E-state index in [1.165, 1.54) is 4.57 Å². The highest BCUT2D eigenvalue weighted by atomic mass is 28.3. The predicted molar refractivity (Wildman–Crippen MR) is 254 cm³/mol. The zero-order valence-corrected chi connectivity index (χ0v) is 33.8.